The molecule has 1 heterocycles. The highest BCUT2D eigenvalue weighted by atomic mass is 32.2. The molecule has 0 aliphatic heterocycles. The summed E-state index contributed by atoms with van der Waals surface area (Å²) in [4.78, 5) is 24.3. The van der Waals surface area contributed by atoms with Crippen LogP contribution < -0.4 is 5.32 Å². The lowest BCUT2D eigenvalue weighted by atomic mass is 10.2. The van der Waals surface area contributed by atoms with Crippen molar-refractivity contribution in [2.45, 2.75) is 17.7 Å². The van der Waals surface area contributed by atoms with Crippen molar-refractivity contribution in [2.24, 2.45) is 0 Å². The first-order chi connectivity index (χ1) is 10.7. The van der Waals surface area contributed by atoms with Gasteiger partial charge in [-0.25, -0.2) is 0 Å². The minimum Gasteiger partial charge on any atom is -0.469 e. The number of furan rings is 1. The third kappa shape index (κ3) is 4.96. The SMILES string of the molecule is CSc1ccccc1NC(=O)COC(=O)CCc1ccco1. The normalized spacial score (nSPS) is 10.2. The zero-order valence-corrected chi connectivity index (χ0v) is 13.0. The number of esters is 1. The smallest absolute Gasteiger partial charge is 0.306 e. The highest BCUT2D eigenvalue weighted by Gasteiger charge is 2.10. The Balaban J connectivity index is 1.74. The first-order valence-corrected chi connectivity index (χ1v) is 8.02. The van der Waals surface area contributed by atoms with Crippen LogP contribution in [0.1, 0.15) is 12.2 Å². The highest BCUT2D eigenvalue weighted by Crippen LogP contribution is 2.24. The van der Waals surface area contributed by atoms with Gasteiger partial charge in [0.05, 0.1) is 18.4 Å². The number of nitrogens with one attached hydrogen (secondary N) is 1. The second-order valence-corrected chi connectivity index (χ2v) is 5.34. The number of rotatable bonds is 7. The van der Waals surface area contributed by atoms with E-state index in [1.807, 2.05) is 30.5 Å². The molecule has 1 aromatic heterocycles. The van der Waals surface area contributed by atoms with Crippen LogP contribution in [-0.4, -0.2) is 24.7 Å². The van der Waals surface area contributed by atoms with Gasteiger partial charge < -0.3 is 14.5 Å². The van der Waals surface area contributed by atoms with E-state index in [0.29, 0.717) is 12.1 Å². The van der Waals surface area contributed by atoms with Gasteiger partial charge in [-0.05, 0) is 30.5 Å². The van der Waals surface area contributed by atoms with Crippen LogP contribution in [0.5, 0.6) is 0 Å². The van der Waals surface area contributed by atoms with Gasteiger partial charge in [-0.3, -0.25) is 9.59 Å². The van der Waals surface area contributed by atoms with Crippen molar-refractivity contribution in [1.82, 2.24) is 0 Å². The fourth-order valence-corrected chi connectivity index (χ4v) is 2.39. The summed E-state index contributed by atoms with van der Waals surface area (Å²) >= 11 is 1.54. The lowest BCUT2D eigenvalue weighted by molar-refractivity contribution is -0.147. The summed E-state index contributed by atoms with van der Waals surface area (Å²) in [5.74, 6) is -0.0622. The number of aryl methyl sites for hydroxylation is 1. The number of anilines is 1. The van der Waals surface area contributed by atoms with Crippen LogP contribution in [0, 0.1) is 0 Å². The molecule has 0 fully saturated rings. The molecule has 2 rings (SSSR count). The number of hydrogen-bond donors (Lipinski definition) is 1. The molecule has 0 unspecified atom stereocenters. The molecule has 0 spiro atoms. The molecule has 0 atom stereocenters. The van der Waals surface area contributed by atoms with Crippen molar-refractivity contribution in [1.29, 1.82) is 0 Å². The van der Waals surface area contributed by atoms with Crippen LogP contribution in [0.15, 0.2) is 52.0 Å². The molecular weight excluding hydrogens is 302 g/mol. The molecule has 1 amide bonds. The Morgan fingerprint density at radius 2 is 2.05 bits per heavy atom. The Morgan fingerprint density at radius 3 is 2.77 bits per heavy atom. The molecule has 0 aliphatic rings. The zero-order chi connectivity index (χ0) is 15.8. The maximum atomic E-state index is 11.8. The molecule has 116 valence electrons. The topological polar surface area (TPSA) is 68.5 Å². The van der Waals surface area contributed by atoms with Gasteiger partial charge >= 0.3 is 5.97 Å². The summed E-state index contributed by atoms with van der Waals surface area (Å²) in [7, 11) is 0. The fourth-order valence-electron chi connectivity index (χ4n) is 1.83. The van der Waals surface area contributed by atoms with Gasteiger partial charge in [0.25, 0.3) is 5.91 Å². The Hall–Kier alpha value is -2.21. The van der Waals surface area contributed by atoms with E-state index in [2.05, 4.69) is 5.32 Å². The molecule has 6 heteroatoms. The van der Waals surface area contributed by atoms with Gasteiger partial charge in [-0.2, -0.15) is 0 Å². The van der Waals surface area contributed by atoms with E-state index < -0.39 is 5.97 Å². The van der Waals surface area contributed by atoms with Gasteiger partial charge in [0.2, 0.25) is 0 Å². The van der Waals surface area contributed by atoms with Gasteiger partial charge in [0.1, 0.15) is 5.76 Å². The van der Waals surface area contributed by atoms with E-state index in [1.165, 1.54) is 11.8 Å². The van der Waals surface area contributed by atoms with E-state index in [-0.39, 0.29) is 18.9 Å². The first-order valence-electron chi connectivity index (χ1n) is 6.80. The lowest BCUT2D eigenvalue weighted by Crippen LogP contribution is -2.21. The number of carbonyl (C=O) groups excluding carboxylic acids is 2. The van der Waals surface area contributed by atoms with Crippen molar-refractivity contribution in [3.05, 3.63) is 48.4 Å². The standard InChI is InChI=1S/C16H17NO4S/c1-22-14-7-3-2-6-13(14)17-15(18)11-21-16(19)9-8-12-5-4-10-20-12/h2-7,10H,8-9,11H2,1H3,(H,17,18). The van der Waals surface area contributed by atoms with Gasteiger partial charge in [0.15, 0.2) is 6.61 Å². The molecular formula is C16H17NO4S. The first kappa shape index (κ1) is 16.2. The zero-order valence-electron chi connectivity index (χ0n) is 12.2. The predicted octanol–water partition coefficient (Wildman–Crippen LogP) is 3.12. The minimum absolute atomic E-state index is 0.183. The number of hydrogen-bond acceptors (Lipinski definition) is 5. The largest absolute Gasteiger partial charge is 0.469 e. The second kappa shape index (κ2) is 8.29. The van der Waals surface area contributed by atoms with Crippen LogP contribution in [0.2, 0.25) is 0 Å². The molecule has 0 aliphatic carbocycles. The summed E-state index contributed by atoms with van der Waals surface area (Å²) in [5, 5.41) is 2.73. The summed E-state index contributed by atoms with van der Waals surface area (Å²) in [5.41, 5.74) is 0.714. The van der Waals surface area contributed by atoms with E-state index in [9.17, 15) is 9.59 Å². The van der Waals surface area contributed by atoms with E-state index >= 15 is 0 Å². The maximum Gasteiger partial charge on any atom is 0.306 e. The molecule has 0 saturated heterocycles. The van der Waals surface area contributed by atoms with Crippen LogP contribution in [0.25, 0.3) is 0 Å². The Bertz CT molecular complexity index is 625. The number of thioether (sulfide) groups is 1. The third-order valence-corrected chi connectivity index (χ3v) is 3.70. The van der Waals surface area contributed by atoms with E-state index in [0.717, 1.165) is 10.7 Å². The average molecular weight is 319 g/mol. The highest BCUT2D eigenvalue weighted by molar-refractivity contribution is 7.98. The third-order valence-electron chi connectivity index (χ3n) is 2.90. The Labute approximate surface area is 133 Å². The van der Waals surface area contributed by atoms with Gasteiger partial charge in [-0.15, -0.1) is 11.8 Å². The number of carbonyl (C=O) groups is 2. The number of ether oxygens (including phenoxy) is 1. The van der Waals surface area contributed by atoms with Crippen molar-refractivity contribution in [3.8, 4) is 0 Å². The Morgan fingerprint density at radius 1 is 1.23 bits per heavy atom. The molecule has 0 bridgehead atoms. The van der Waals surface area contributed by atoms with E-state index in [1.54, 1.807) is 18.4 Å². The second-order valence-electron chi connectivity index (χ2n) is 4.49. The fraction of sp³-hybridized carbons (Fsp3) is 0.250. The van der Waals surface area contributed by atoms with Crippen molar-refractivity contribution < 1.29 is 18.7 Å². The molecule has 22 heavy (non-hydrogen) atoms. The average Bonchev–Trinajstić information content (AvgIpc) is 3.05. The molecule has 1 aromatic carbocycles. The van der Waals surface area contributed by atoms with Crippen LogP contribution >= 0.6 is 11.8 Å². The van der Waals surface area contributed by atoms with E-state index in [4.69, 9.17) is 9.15 Å². The van der Waals surface area contributed by atoms with Gasteiger partial charge in [-0.1, -0.05) is 12.1 Å². The van der Waals surface area contributed by atoms with Crippen molar-refractivity contribution in [2.75, 3.05) is 18.2 Å². The summed E-state index contributed by atoms with van der Waals surface area (Å²) < 4.78 is 10.1. The predicted molar refractivity (Wildman–Crippen MR) is 84.8 cm³/mol. The summed E-state index contributed by atoms with van der Waals surface area (Å²) in [6, 6.07) is 11.0. The van der Waals surface area contributed by atoms with Crippen LogP contribution in [-0.2, 0) is 20.7 Å². The molecule has 0 radical (unpaired) electrons. The van der Waals surface area contributed by atoms with Gasteiger partial charge in [0, 0.05) is 11.3 Å². The Kier molecular flexibility index (Phi) is 6.09. The quantitative estimate of drug-likeness (QED) is 0.627. The minimum atomic E-state index is -0.426. The molecule has 5 nitrogen and oxygen atoms in total. The molecule has 0 saturated carbocycles. The van der Waals surface area contributed by atoms with Crippen molar-refractivity contribution >= 4 is 29.3 Å². The van der Waals surface area contributed by atoms with Crippen LogP contribution in [0.3, 0.4) is 0 Å². The lowest BCUT2D eigenvalue weighted by Gasteiger charge is -2.09. The molecule has 2 aromatic rings. The number of para-hydroxylation sites is 1. The van der Waals surface area contributed by atoms with Crippen LogP contribution in [0.4, 0.5) is 5.69 Å². The maximum absolute atomic E-state index is 11.8. The molecule has 1 N–H and O–H groups in total. The number of benzene rings is 1. The monoisotopic (exact) mass is 319 g/mol. The summed E-state index contributed by atoms with van der Waals surface area (Å²) in [6.45, 7) is -0.292. The van der Waals surface area contributed by atoms with Crippen molar-refractivity contribution in [3.63, 3.8) is 0 Å². The number of amides is 1. The summed E-state index contributed by atoms with van der Waals surface area (Å²) in [6.07, 6.45) is 4.13.